The summed E-state index contributed by atoms with van der Waals surface area (Å²) in [6.07, 6.45) is 0. The minimum Gasteiger partial charge on any atom is -0.486 e. The lowest BCUT2D eigenvalue weighted by Gasteiger charge is -2.18. The van der Waals surface area contributed by atoms with E-state index in [-0.39, 0.29) is 0 Å². The minimum atomic E-state index is 0.615. The van der Waals surface area contributed by atoms with E-state index in [2.05, 4.69) is 45.5 Å². The molecule has 0 spiro atoms. The molecule has 0 unspecified atom stereocenters. The molecule has 0 saturated heterocycles. The van der Waals surface area contributed by atoms with Gasteiger partial charge in [-0.25, -0.2) is 0 Å². The third kappa shape index (κ3) is 3.54. The molecule has 0 atom stereocenters. The van der Waals surface area contributed by atoms with Crippen LogP contribution in [0.1, 0.15) is 5.56 Å². The number of halogens is 1. The maximum atomic E-state index is 5.62. The lowest BCUT2D eigenvalue weighted by atomic mass is 10.2. The molecule has 5 heteroatoms. The van der Waals surface area contributed by atoms with Gasteiger partial charge in [0.2, 0.25) is 0 Å². The Labute approximate surface area is 137 Å². The second-order valence-corrected chi connectivity index (χ2v) is 6.67. The topological polar surface area (TPSA) is 30.5 Å². The SMILES string of the molecule is CNCc1ccc(Sc2ccc3c(c2)OCCO3)c(Br)c1. The second kappa shape index (κ2) is 6.73. The molecule has 1 aliphatic heterocycles. The Bertz CT molecular complexity index is 648. The van der Waals surface area contributed by atoms with E-state index in [0.29, 0.717) is 13.2 Å². The number of nitrogens with one attached hydrogen (secondary N) is 1. The third-order valence-electron chi connectivity index (χ3n) is 3.12. The van der Waals surface area contributed by atoms with Crippen LogP contribution in [0.25, 0.3) is 0 Å². The van der Waals surface area contributed by atoms with Gasteiger partial charge < -0.3 is 14.8 Å². The zero-order chi connectivity index (χ0) is 14.7. The molecule has 3 nitrogen and oxygen atoms in total. The summed E-state index contributed by atoms with van der Waals surface area (Å²) in [4.78, 5) is 2.33. The largest absolute Gasteiger partial charge is 0.486 e. The molecule has 0 saturated carbocycles. The highest BCUT2D eigenvalue weighted by Crippen LogP contribution is 2.39. The van der Waals surface area contributed by atoms with Gasteiger partial charge in [-0.3, -0.25) is 0 Å². The first-order valence-electron chi connectivity index (χ1n) is 6.77. The normalized spacial score (nSPS) is 13.2. The van der Waals surface area contributed by atoms with Gasteiger partial charge in [-0.1, -0.05) is 17.8 Å². The Balaban J connectivity index is 1.80. The van der Waals surface area contributed by atoms with Gasteiger partial charge in [0.15, 0.2) is 11.5 Å². The summed E-state index contributed by atoms with van der Waals surface area (Å²) in [5.74, 6) is 1.66. The Hall–Kier alpha value is -1.17. The Morgan fingerprint density at radius 3 is 2.67 bits per heavy atom. The molecule has 1 aliphatic rings. The maximum absolute atomic E-state index is 5.62. The van der Waals surface area contributed by atoms with E-state index in [1.165, 1.54) is 10.5 Å². The summed E-state index contributed by atoms with van der Waals surface area (Å²) >= 11 is 5.36. The summed E-state index contributed by atoms with van der Waals surface area (Å²) in [5, 5.41) is 3.16. The van der Waals surface area contributed by atoms with Crippen LogP contribution in [0, 0.1) is 0 Å². The van der Waals surface area contributed by atoms with Crippen molar-refractivity contribution in [3.05, 3.63) is 46.4 Å². The first-order valence-corrected chi connectivity index (χ1v) is 8.38. The van der Waals surface area contributed by atoms with Gasteiger partial charge in [-0.2, -0.15) is 0 Å². The van der Waals surface area contributed by atoms with E-state index in [1.807, 2.05) is 19.2 Å². The molecular formula is C16H16BrNO2S. The third-order valence-corrected chi connectivity index (χ3v) is 5.10. The Morgan fingerprint density at radius 1 is 1.10 bits per heavy atom. The zero-order valence-corrected chi connectivity index (χ0v) is 14.1. The maximum Gasteiger partial charge on any atom is 0.162 e. The smallest absolute Gasteiger partial charge is 0.162 e. The van der Waals surface area contributed by atoms with Crippen molar-refractivity contribution in [3.8, 4) is 11.5 Å². The first kappa shape index (κ1) is 14.8. The molecule has 0 aromatic heterocycles. The van der Waals surface area contributed by atoms with Crippen molar-refractivity contribution in [2.45, 2.75) is 16.3 Å². The van der Waals surface area contributed by atoms with Crippen molar-refractivity contribution in [2.75, 3.05) is 20.3 Å². The molecule has 2 aromatic rings. The average molecular weight is 366 g/mol. The monoisotopic (exact) mass is 365 g/mol. The molecule has 2 aromatic carbocycles. The van der Waals surface area contributed by atoms with Crippen molar-refractivity contribution < 1.29 is 9.47 Å². The molecule has 110 valence electrons. The summed E-state index contributed by atoms with van der Waals surface area (Å²) in [6, 6.07) is 12.5. The molecule has 0 amide bonds. The van der Waals surface area contributed by atoms with Gasteiger partial charge in [-0.05, 0) is 58.9 Å². The van der Waals surface area contributed by atoms with Gasteiger partial charge in [0.25, 0.3) is 0 Å². The summed E-state index contributed by atoms with van der Waals surface area (Å²) in [7, 11) is 1.95. The standard InChI is InChI=1S/C16H16BrNO2S/c1-18-10-11-2-5-16(13(17)8-11)21-12-3-4-14-15(9-12)20-7-6-19-14/h2-5,8-9,18H,6-7,10H2,1H3. The molecule has 0 bridgehead atoms. The molecule has 21 heavy (non-hydrogen) atoms. The van der Waals surface area contributed by atoms with E-state index in [4.69, 9.17) is 9.47 Å². The van der Waals surface area contributed by atoms with Crippen LogP contribution in [0.2, 0.25) is 0 Å². The van der Waals surface area contributed by atoms with Gasteiger partial charge in [0, 0.05) is 20.8 Å². The quantitative estimate of drug-likeness (QED) is 0.883. The number of benzene rings is 2. The molecule has 0 aliphatic carbocycles. The van der Waals surface area contributed by atoms with E-state index < -0.39 is 0 Å². The summed E-state index contributed by atoms with van der Waals surface area (Å²) < 4.78 is 12.3. The van der Waals surface area contributed by atoms with Crippen LogP contribution in [-0.2, 0) is 6.54 Å². The van der Waals surface area contributed by atoms with E-state index in [9.17, 15) is 0 Å². The fraction of sp³-hybridized carbons (Fsp3) is 0.250. The van der Waals surface area contributed by atoms with E-state index in [1.54, 1.807) is 11.8 Å². The van der Waals surface area contributed by atoms with Crippen LogP contribution in [-0.4, -0.2) is 20.3 Å². The van der Waals surface area contributed by atoms with Gasteiger partial charge in [0.1, 0.15) is 13.2 Å². The second-order valence-electron chi connectivity index (χ2n) is 4.70. The molecule has 3 rings (SSSR count). The number of rotatable bonds is 4. The molecular weight excluding hydrogens is 350 g/mol. The van der Waals surface area contributed by atoms with Crippen molar-refractivity contribution in [2.24, 2.45) is 0 Å². The molecule has 0 fully saturated rings. The summed E-state index contributed by atoms with van der Waals surface area (Å²) in [6.45, 7) is 2.11. The lowest BCUT2D eigenvalue weighted by Crippen LogP contribution is -2.15. The summed E-state index contributed by atoms with van der Waals surface area (Å²) in [5.41, 5.74) is 1.26. The van der Waals surface area contributed by atoms with Crippen molar-refractivity contribution in [3.63, 3.8) is 0 Å². The number of hydrogen-bond acceptors (Lipinski definition) is 4. The average Bonchev–Trinajstić information content (AvgIpc) is 2.50. The zero-order valence-electron chi connectivity index (χ0n) is 11.7. The van der Waals surface area contributed by atoms with E-state index in [0.717, 1.165) is 27.4 Å². The molecule has 1 heterocycles. The van der Waals surface area contributed by atoms with Crippen LogP contribution < -0.4 is 14.8 Å². The minimum absolute atomic E-state index is 0.615. The van der Waals surface area contributed by atoms with Crippen molar-refractivity contribution in [1.29, 1.82) is 0 Å². The number of fused-ring (bicyclic) bond motifs is 1. The predicted molar refractivity (Wildman–Crippen MR) is 88.5 cm³/mol. The Kier molecular flexibility index (Phi) is 4.73. The van der Waals surface area contributed by atoms with E-state index >= 15 is 0 Å². The van der Waals surface area contributed by atoms with Gasteiger partial charge in [0.05, 0.1) is 0 Å². The highest BCUT2D eigenvalue weighted by Gasteiger charge is 2.12. The van der Waals surface area contributed by atoms with Crippen LogP contribution >= 0.6 is 27.7 Å². The van der Waals surface area contributed by atoms with Crippen molar-refractivity contribution in [1.82, 2.24) is 5.32 Å². The fourth-order valence-corrected chi connectivity index (χ4v) is 3.67. The van der Waals surface area contributed by atoms with Crippen LogP contribution in [0.5, 0.6) is 11.5 Å². The predicted octanol–water partition coefficient (Wildman–Crippen LogP) is 4.09. The van der Waals surface area contributed by atoms with Crippen LogP contribution in [0.15, 0.2) is 50.7 Å². The van der Waals surface area contributed by atoms with Crippen molar-refractivity contribution >= 4 is 27.7 Å². The highest BCUT2D eigenvalue weighted by molar-refractivity contribution is 9.10. The van der Waals surface area contributed by atoms with Gasteiger partial charge >= 0.3 is 0 Å². The van der Waals surface area contributed by atoms with Crippen LogP contribution in [0.4, 0.5) is 0 Å². The van der Waals surface area contributed by atoms with Crippen LogP contribution in [0.3, 0.4) is 0 Å². The fourth-order valence-electron chi connectivity index (χ4n) is 2.16. The van der Waals surface area contributed by atoms with Gasteiger partial charge in [-0.15, -0.1) is 0 Å². The first-order chi connectivity index (χ1) is 10.3. The highest BCUT2D eigenvalue weighted by atomic mass is 79.9. The molecule has 1 N–H and O–H groups in total. The number of hydrogen-bond donors (Lipinski definition) is 1. The lowest BCUT2D eigenvalue weighted by molar-refractivity contribution is 0.171. The number of ether oxygens (including phenoxy) is 2. The molecule has 0 radical (unpaired) electrons. The Morgan fingerprint density at radius 2 is 1.90 bits per heavy atom.